The monoisotopic (exact) mass is 384 g/mol. The number of aromatic amines is 1. The number of hydrogen-bond acceptors (Lipinski definition) is 5. The van der Waals surface area contributed by atoms with Gasteiger partial charge in [0.15, 0.2) is 10.5 Å². The number of para-hydroxylation sites is 1. The van der Waals surface area contributed by atoms with Crippen LogP contribution in [0.25, 0.3) is 5.69 Å². The molecule has 0 aliphatic rings. The number of benzene rings is 1. The molecule has 0 saturated heterocycles. The lowest BCUT2D eigenvalue weighted by Gasteiger charge is -2.11. The van der Waals surface area contributed by atoms with Crippen molar-refractivity contribution < 1.29 is 4.79 Å². The summed E-state index contributed by atoms with van der Waals surface area (Å²) in [6, 6.07) is 10.8. The number of H-pyrrole nitrogens is 1. The van der Waals surface area contributed by atoms with Crippen molar-refractivity contribution >= 4 is 18.1 Å². The number of amides is 1. The Balaban J connectivity index is 1.76. The van der Waals surface area contributed by atoms with E-state index < -0.39 is 11.3 Å². The van der Waals surface area contributed by atoms with Crippen LogP contribution in [0.1, 0.15) is 28.9 Å². The largest absolute Gasteiger partial charge is 0.350 e. The molecule has 2 N–H and O–H groups in total. The Bertz CT molecular complexity index is 1070. The second kappa shape index (κ2) is 8.09. The number of aromatic nitrogens is 5. The molecule has 0 fully saturated rings. The van der Waals surface area contributed by atoms with Gasteiger partial charge in [-0.2, -0.15) is 10.2 Å². The molecular formula is C18H20N6O2S. The van der Waals surface area contributed by atoms with Gasteiger partial charge in [-0.3, -0.25) is 14.7 Å². The molecule has 140 valence electrons. The maximum Gasteiger partial charge on any atom is 0.275 e. The summed E-state index contributed by atoms with van der Waals surface area (Å²) in [6.07, 6.45) is 0.492. The number of hydrogen-bond donors (Lipinski definition) is 2. The van der Waals surface area contributed by atoms with E-state index in [2.05, 4.69) is 20.6 Å². The quantitative estimate of drug-likeness (QED) is 0.632. The van der Waals surface area contributed by atoms with E-state index in [1.54, 1.807) is 11.6 Å². The van der Waals surface area contributed by atoms with E-state index >= 15 is 0 Å². The summed E-state index contributed by atoms with van der Waals surface area (Å²) in [5.74, 6) is 0.239. The van der Waals surface area contributed by atoms with Crippen LogP contribution in [0.5, 0.6) is 0 Å². The molecule has 27 heavy (non-hydrogen) atoms. The third-order valence-electron chi connectivity index (χ3n) is 4.11. The molecule has 0 aliphatic carbocycles. The summed E-state index contributed by atoms with van der Waals surface area (Å²) in [5.41, 5.74) is 0.885. The van der Waals surface area contributed by atoms with E-state index in [1.807, 2.05) is 41.8 Å². The summed E-state index contributed by atoms with van der Waals surface area (Å²) in [6.45, 7) is 4.75. The summed E-state index contributed by atoms with van der Waals surface area (Å²) in [5, 5.41) is 13.9. The van der Waals surface area contributed by atoms with E-state index in [4.69, 9.17) is 12.2 Å². The maximum absolute atomic E-state index is 12.5. The minimum absolute atomic E-state index is 0.140. The fraction of sp³-hybridized carbons (Fsp3) is 0.278. The van der Waals surface area contributed by atoms with Crippen LogP contribution < -0.4 is 10.7 Å². The number of carbonyl (C=O) groups excluding carboxylic acids is 1. The first-order valence-corrected chi connectivity index (χ1v) is 9.00. The number of aryl methyl sites for hydroxylation is 1. The molecule has 0 radical (unpaired) electrons. The van der Waals surface area contributed by atoms with E-state index in [0.29, 0.717) is 30.0 Å². The minimum Gasteiger partial charge on any atom is -0.350 e. The lowest BCUT2D eigenvalue weighted by atomic mass is 10.2. The SMILES string of the molecule is CCn1c(CCNC(=O)c2nn(-c3ccccc3)c(C)cc2=O)n[nH]c1=S. The van der Waals surface area contributed by atoms with Gasteiger partial charge in [-0.1, -0.05) is 18.2 Å². The topological polar surface area (TPSA) is 97.6 Å². The van der Waals surface area contributed by atoms with Gasteiger partial charge in [0, 0.05) is 31.3 Å². The normalized spacial score (nSPS) is 10.7. The Hall–Kier alpha value is -3.07. The molecule has 1 amide bonds. The Morgan fingerprint density at radius 3 is 2.74 bits per heavy atom. The van der Waals surface area contributed by atoms with Crippen LogP contribution in [0.2, 0.25) is 0 Å². The molecule has 0 bridgehead atoms. The average molecular weight is 384 g/mol. The minimum atomic E-state index is -0.512. The fourth-order valence-electron chi connectivity index (χ4n) is 2.77. The van der Waals surface area contributed by atoms with E-state index in [1.165, 1.54) is 6.07 Å². The number of nitrogens with one attached hydrogen (secondary N) is 2. The first-order chi connectivity index (χ1) is 13.0. The number of carbonyl (C=O) groups is 1. The van der Waals surface area contributed by atoms with Gasteiger partial charge in [-0.15, -0.1) is 0 Å². The van der Waals surface area contributed by atoms with Crippen molar-refractivity contribution in [3.63, 3.8) is 0 Å². The van der Waals surface area contributed by atoms with Gasteiger partial charge in [-0.05, 0) is 38.2 Å². The lowest BCUT2D eigenvalue weighted by molar-refractivity contribution is 0.0946. The Morgan fingerprint density at radius 1 is 1.30 bits per heavy atom. The summed E-state index contributed by atoms with van der Waals surface area (Å²) >= 11 is 5.14. The van der Waals surface area contributed by atoms with Crippen LogP contribution in [0.4, 0.5) is 0 Å². The van der Waals surface area contributed by atoms with Gasteiger partial charge in [0.1, 0.15) is 5.82 Å². The zero-order chi connectivity index (χ0) is 19.4. The van der Waals surface area contributed by atoms with E-state index in [-0.39, 0.29) is 5.69 Å². The molecule has 2 aromatic heterocycles. The molecule has 0 unspecified atom stereocenters. The van der Waals surface area contributed by atoms with Gasteiger partial charge in [0.25, 0.3) is 5.91 Å². The molecular weight excluding hydrogens is 364 g/mol. The van der Waals surface area contributed by atoms with Crippen molar-refractivity contribution in [3.05, 3.63) is 68.6 Å². The lowest BCUT2D eigenvalue weighted by Crippen LogP contribution is -2.33. The first-order valence-electron chi connectivity index (χ1n) is 8.60. The molecule has 0 atom stereocenters. The van der Waals surface area contributed by atoms with Crippen molar-refractivity contribution in [1.29, 1.82) is 0 Å². The van der Waals surface area contributed by atoms with E-state index in [0.717, 1.165) is 11.5 Å². The van der Waals surface area contributed by atoms with Crippen molar-refractivity contribution in [3.8, 4) is 5.69 Å². The van der Waals surface area contributed by atoms with Crippen molar-refractivity contribution in [2.45, 2.75) is 26.8 Å². The van der Waals surface area contributed by atoms with Gasteiger partial charge >= 0.3 is 0 Å². The number of nitrogens with zero attached hydrogens (tertiary/aromatic N) is 4. The van der Waals surface area contributed by atoms with Gasteiger partial charge in [-0.25, -0.2) is 4.68 Å². The van der Waals surface area contributed by atoms with Crippen LogP contribution >= 0.6 is 12.2 Å². The average Bonchev–Trinajstić information content (AvgIpc) is 3.02. The highest BCUT2D eigenvalue weighted by Crippen LogP contribution is 2.07. The van der Waals surface area contributed by atoms with Crippen LogP contribution in [0, 0.1) is 11.7 Å². The molecule has 0 saturated carbocycles. The predicted octanol–water partition coefficient (Wildman–Crippen LogP) is 1.79. The molecule has 2 heterocycles. The smallest absolute Gasteiger partial charge is 0.275 e. The fourth-order valence-corrected chi connectivity index (χ4v) is 3.05. The zero-order valence-electron chi connectivity index (χ0n) is 15.1. The second-order valence-electron chi connectivity index (χ2n) is 5.94. The van der Waals surface area contributed by atoms with Gasteiger partial charge in [0.05, 0.1) is 5.69 Å². The standard InChI is InChI=1S/C18H20N6O2S/c1-3-23-15(20-21-18(23)27)9-10-19-17(26)16-14(25)11-12(2)24(22-16)13-7-5-4-6-8-13/h4-8,11H,3,9-10H2,1-2H3,(H,19,26)(H,21,27). The number of rotatable bonds is 6. The Kier molecular flexibility index (Phi) is 5.60. The highest BCUT2D eigenvalue weighted by atomic mass is 32.1. The summed E-state index contributed by atoms with van der Waals surface area (Å²) in [4.78, 5) is 24.7. The molecule has 8 nitrogen and oxygen atoms in total. The molecule has 3 aromatic rings. The third-order valence-corrected chi connectivity index (χ3v) is 4.42. The van der Waals surface area contributed by atoms with Crippen LogP contribution in [0.15, 0.2) is 41.2 Å². The first kappa shape index (κ1) is 18.7. The zero-order valence-corrected chi connectivity index (χ0v) is 15.9. The van der Waals surface area contributed by atoms with Crippen LogP contribution in [-0.4, -0.2) is 37.0 Å². The Morgan fingerprint density at radius 2 is 2.04 bits per heavy atom. The van der Waals surface area contributed by atoms with Gasteiger partial charge < -0.3 is 9.88 Å². The predicted molar refractivity (Wildman–Crippen MR) is 104 cm³/mol. The molecule has 9 heteroatoms. The molecule has 1 aromatic carbocycles. The van der Waals surface area contributed by atoms with Crippen molar-refractivity contribution in [1.82, 2.24) is 29.9 Å². The summed E-state index contributed by atoms with van der Waals surface area (Å²) in [7, 11) is 0. The molecule has 0 aliphatic heterocycles. The third kappa shape index (κ3) is 4.03. The van der Waals surface area contributed by atoms with Crippen molar-refractivity contribution in [2.75, 3.05) is 6.54 Å². The van der Waals surface area contributed by atoms with Crippen molar-refractivity contribution in [2.24, 2.45) is 0 Å². The van der Waals surface area contributed by atoms with Gasteiger partial charge in [0.2, 0.25) is 5.43 Å². The Labute approximate surface area is 160 Å². The molecule has 3 rings (SSSR count). The summed E-state index contributed by atoms with van der Waals surface area (Å²) < 4.78 is 3.98. The molecule has 0 spiro atoms. The van der Waals surface area contributed by atoms with E-state index in [9.17, 15) is 9.59 Å². The second-order valence-corrected chi connectivity index (χ2v) is 6.33. The van der Waals surface area contributed by atoms with Crippen LogP contribution in [0.3, 0.4) is 0 Å². The highest BCUT2D eigenvalue weighted by Gasteiger charge is 2.15. The maximum atomic E-state index is 12.5. The van der Waals surface area contributed by atoms with Crippen LogP contribution in [-0.2, 0) is 13.0 Å². The highest BCUT2D eigenvalue weighted by molar-refractivity contribution is 7.71.